The van der Waals surface area contributed by atoms with E-state index in [1.165, 1.54) is 16.3 Å². The first-order valence-electron chi connectivity index (χ1n) is 10.4. The molecule has 0 saturated heterocycles. The van der Waals surface area contributed by atoms with Crippen LogP contribution in [-0.2, 0) is 4.79 Å². The molecule has 9 heteroatoms. The van der Waals surface area contributed by atoms with Crippen LogP contribution in [0, 0.1) is 0 Å². The maximum atomic E-state index is 13.0. The van der Waals surface area contributed by atoms with Gasteiger partial charge in [-0.15, -0.1) is 11.3 Å². The molecule has 1 aliphatic heterocycles. The molecule has 1 aliphatic rings. The number of aromatic nitrogens is 1. The van der Waals surface area contributed by atoms with Crippen molar-refractivity contribution in [3.8, 4) is 22.8 Å². The van der Waals surface area contributed by atoms with Crippen LogP contribution in [0.4, 0.5) is 10.8 Å². The predicted molar refractivity (Wildman–Crippen MR) is 137 cm³/mol. The number of carbonyl (C=O) groups excluding carboxylic acids is 1. The number of nitrogens with zero attached hydrogens (tertiary/aromatic N) is 5. The Morgan fingerprint density at radius 3 is 2.41 bits per heavy atom. The number of azo groups is 1. The SMILES string of the molecule is CC1=NN(c2nc(-c3ccc(Br)cc3)cs2)C(=O)C1N=Nc1ccc(Oc2ccccc2)cc1. The summed E-state index contributed by atoms with van der Waals surface area (Å²) in [6, 6.07) is 23.8. The Kier molecular flexibility index (Phi) is 6.29. The standard InChI is InChI=1S/C25H18BrN5O2S/c1-16-23(29-28-19-11-13-21(14-12-19)33-20-5-3-2-4-6-20)24(32)31(30-16)25-27-22(15-34-25)17-7-9-18(26)10-8-17/h2-15,23H,1H3. The molecule has 0 fully saturated rings. The summed E-state index contributed by atoms with van der Waals surface area (Å²) in [7, 11) is 0. The predicted octanol–water partition coefficient (Wildman–Crippen LogP) is 7.24. The van der Waals surface area contributed by atoms with Crippen molar-refractivity contribution >= 4 is 49.7 Å². The van der Waals surface area contributed by atoms with E-state index in [2.05, 4.69) is 36.2 Å². The van der Waals surface area contributed by atoms with Crippen LogP contribution in [-0.4, -0.2) is 22.6 Å². The van der Waals surface area contributed by atoms with E-state index in [-0.39, 0.29) is 5.91 Å². The third-order valence-corrected chi connectivity index (χ3v) is 6.36. The van der Waals surface area contributed by atoms with E-state index in [1.807, 2.05) is 72.1 Å². The first-order valence-corrected chi connectivity index (χ1v) is 12.1. The molecule has 0 bridgehead atoms. The lowest BCUT2D eigenvalue weighted by molar-refractivity contribution is -0.117. The number of halogens is 1. The van der Waals surface area contributed by atoms with E-state index in [0.717, 1.165) is 21.5 Å². The third kappa shape index (κ3) is 4.80. The van der Waals surface area contributed by atoms with Crippen LogP contribution < -0.4 is 9.75 Å². The van der Waals surface area contributed by atoms with Crippen molar-refractivity contribution in [1.82, 2.24) is 4.98 Å². The summed E-state index contributed by atoms with van der Waals surface area (Å²) in [4.78, 5) is 17.6. The van der Waals surface area contributed by atoms with Gasteiger partial charge in [-0.1, -0.05) is 46.3 Å². The number of anilines is 1. The fourth-order valence-electron chi connectivity index (χ4n) is 3.27. The van der Waals surface area contributed by atoms with Gasteiger partial charge < -0.3 is 4.74 Å². The molecule has 1 atom stereocenters. The molecule has 2 heterocycles. The van der Waals surface area contributed by atoms with Crippen LogP contribution in [0.25, 0.3) is 11.3 Å². The molecule has 1 amide bonds. The largest absolute Gasteiger partial charge is 0.457 e. The van der Waals surface area contributed by atoms with Crippen LogP contribution in [0.15, 0.2) is 104 Å². The second kappa shape index (κ2) is 9.66. The zero-order valence-corrected chi connectivity index (χ0v) is 20.4. The zero-order valence-electron chi connectivity index (χ0n) is 18.0. The molecule has 0 spiro atoms. The number of ether oxygens (including phenoxy) is 1. The van der Waals surface area contributed by atoms with Crippen LogP contribution >= 0.6 is 27.3 Å². The van der Waals surface area contributed by atoms with Gasteiger partial charge in [-0.2, -0.15) is 20.3 Å². The molecule has 7 nitrogen and oxygen atoms in total. The van der Waals surface area contributed by atoms with Crippen molar-refractivity contribution in [2.24, 2.45) is 15.3 Å². The van der Waals surface area contributed by atoms with Gasteiger partial charge >= 0.3 is 0 Å². The summed E-state index contributed by atoms with van der Waals surface area (Å²) in [5.74, 6) is 1.17. The van der Waals surface area contributed by atoms with Gasteiger partial charge in [0.15, 0.2) is 6.04 Å². The molecule has 0 radical (unpaired) electrons. The average Bonchev–Trinajstić information content (AvgIpc) is 3.44. The lowest BCUT2D eigenvalue weighted by Crippen LogP contribution is -2.29. The molecule has 0 N–H and O–H groups in total. The summed E-state index contributed by atoms with van der Waals surface area (Å²) in [5, 5.41) is 16.6. The van der Waals surface area contributed by atoms with Gasteiger partial charge in [0.05, 0.1) is 17.1 Å². The van der Waals surface area contributed by atoms with Crippen molar-refractivity contribution in [1.29, 1.82) is 0 Å². The molecule has 168 valence electrons. The monoisotopic (exact) mass is 531 g/mol. The minimum Gasteiger partial charge on any atom is -0.457 e. The van der Waals surface area contributed by atoms with Crippen LogP contribution in [0.3, 0.4) is 0 Å². The number of benzene rings is 3. The maximum Gasteiger partial charge on any atom is 0.282 e. The lowest BCUT2D eigenvalue weighted by Gasteiger charge is -2.08. The number of hydrogen-bond donors (Lipinski definition) is 0. The molecular formula is C25H18BrN5O2S. The van der Waals surface area contributed by atoms with Crippen molar-refractivity contribution in [3.05, 3.63) is 88.7 Å². The van der Waals surface area contributed by atoms with Gasteiger partial charge in [-0.05, 0) is 55.5 Å². The molecule has 1 aromatic heterocycles. The fraction of sp³-hybridized carbons (Fsp3) is 0.0800. The first kappa shape index (κ1) is 22.1. The van der Waals surface area contributed by atoms with Gasteiger partial charge in [0, 0.05) is 15.4 Å². The quantitative estimate of drug-likeness (QED) is 0.246. The molecule has 4 aromatic rings. The molecule has 34 heavy (non-hydrogen) atoms. The first-order chi connectivity index (χ1) is 16.6. The van der Waals surface area contributed by atoms with Gasteiger partial charge in [0.1, 0.15) is 11.5 Å². The number of thiazole rings is 1. The summed E-state index contributed by atoms with van der Waals surface area (Å²) < 4.78 is 6.78. The second-order valence-electron chi connectivity index (χ2n) is 7.44. The number of hydrazone groups is 1. The van der Waals surface area contributed by atoms with Crippen molar-refractivity contribution in [3.63, 3.8) is 0 Å². The lowest BCUT2D eigenvalue weighted by atomic mass is 10.2. The Labute approximate surface area is 208 Å². The van der Waals surface area contributed by atoms with Gasteiger partial charge in [0.2, 0.25) is 5.13 Å². The Bertz CT molecular complexity index is 1370. The minimum atomic E-state index is -0.778. The highest BCUT2D eigenvalue weighted by atomic mass is 79.9. The number of carbonyl (C=O) groups is 1. The molecule has 5 rings (SSSR count). The van der Waals surface area contributed by atoms with Crippen molar-refractivity contribution in [2.75, 3.05) is 5.01 Å². The zero-order chi connectivity index (χ0) is 23.5. The topological polar surface area (TPSA) is 79.5 Å². The van der Waals surface area contributed by atoms with E-state index in [0.29, 0.717) is 22.3 Å². The fourth-order valence-corrected chi connectivity index (χ4v) is 4.32. The van der Waals surface area contributed by atoms with E-state index < -0.39 is 6.04 Å². The normalized spacial score (nSPS) is 15.7. The Morgan fingerprint density at radius 2 is 1.68 bits per heavy atom. The van der Waals surface area contributed by atoms with Gasteiger partial charge in [-0.25, -0.2) is 4.98 Å². The number of hydrogen-bond acceptors (Lipinski definition) is 7. The van der Waals surface area contributed by atoms with Crippen LogP contribution in [0.5, 0.6) is 11.5 Å². The summed E-state index contributed by atoms with van der Waals surface area (Å²) in [6.07, 6.45) is 0. The highest BCUT2D eigenvalue weighted by Crippen LogP contribution is 2.31. The van der Waals surface area contributed by atoms with E-state index in [4.69, 9.17) is 4.74 Å². The van der Waals surface area contributed by atoms with Crippen LogP contribution in [0.2, 0.25) is 0 Å². The summed E-state index contributed by atoms with van der Waals surface area (Å²) in [6.45, 7) is 1.77. The smallest absolute Gasteiger partial charge is 0.282 e. The van der Waals surface area contributed by atoms with Gasteiger partial charge in [0.25, 0.3) is 5.91 Å². The average molecular weight is 532 g/mol. The molecule has 1 unspecified atom stereocenters. The highest BCUT2D eigenvalue weighted by Gasteiger charge is 2.36. The Balaban J connectivity index is 1.26. The summed E-state index contributed by atoms with van der Waals surface area (Å²) >= 11 is 4.79. The molecule has 3 aromatic carbocycles. The van der Waals surface area contributed by atoms with E-state index in [1.54, 1.807) is 19.1 Å². The highest BCUT2D eigenvalue weighted by molar-refractivity contribution is 9.10. The second-order valence-corrected chi connectivity index (χ2v) is 9.19. The maximum absolute atomic E-state index is 13.0. The Morgan fingerprint density at radius 1 is 0.971 bits per heavy atom. The van der Waals surface area contributed by atoms with Crippen LogP contribution in [0.1, 0.15) is 6.92 Å². The number of amides is 1. The minimum absolute atomic E-state index is 0.276. The number of rotatable bonds is 6. The molecule has 0 saturated carbocycles. The van der Waals surface area contributed by atoms with Crippen molar-refractivity contribution in [2.45, 2.75) is 13.0 Å². The van der Waals surface area contributed by atoms with E-state index in [9.17, 15) is 4.79 Å². The van der Waals surface area contributed by atoms with Gasteiger partial charge in [-0.3, -0.25) is 4.79 Å². The summed E-state index contributed by atoms with van der Waals surface area (Å²) in [5.41, 5.74) is 2.94. The van der Waals surface area contributed by atoms with E-state index >= 15 is 0 Å². The van der Waals surface area contributed by atoms with Crippen molar-refractivity contribution < 1.29 is 9.53 Å². The number of para-hydroxylation sites is 1. The Hall–Kier alpha value is -3.69. The molecular weight excluding hydrogens is 514 g/mol. The third-order valence-electron chi connectivity index (χ3n) is 5.01. The molecule has 0 aliphatic carbocycles.